The zero-order valence-corrected chi connectivity index (χ0v) is 22.4. The molecular weight excluding hydrogens is 543 g/mol. The number of hydrogen-bond acceptors (Lipinski definition) is 6. The molecule has 1 unspecified atom stereocenters. The van der Waals surface area contributed by atoms with E-state index in [4.69, 9.17) is 22.4 Å². The number of amides is 1. The maximum Gasteiger partial charge on any atom is 0.417 e. The Morgan fingerprint density at radius 1 is 1.18 bits per heavy atom. The van der Waals surface area contributed by atoms with Crippen molar-refractivity contribution in [1.82, 2.24) is 24.6 Å². The van der Waals surface area contributed by atoms with E-state index in [0.29, 0.717) is 28.0 Å². The summed E-state index contributed by atoms with van der Waals surface area (Å²) in [6.07, 6.45) is -1.28. The summed E-state index contributed by atoms with van der Waals surface area (Å²) in [7, 11) is 2.07. The largest absolute Gasteiger partial charge is 0.417 e. The lowest BCUT2D eigenvalue weighted by Crippen LogP contribution is -2.34. The van der Waals surface area contributed by atoms with Gasteiger partial charge in [0.15, 0.2) is 5.65 Å². The van der Waals surface area contributed by atoms with E-state index in [-0.39, 0.29) is 17.4 Å². The van der Waals surface area contributed by atoms with E-state index < -0.39 is 22.7 Å². The minimum absolute atomic E-state index is 0.122. The van der Waals surface area contributed by atoms with Gasteiger partial charge in [-0.25, -0.2) is 14.6 Å². The van der Waals surface area contributed by atoms with Crippen molar-refractivity contribution in [3.8, 4) is 11.8 Å². The quantitative estimate of drug-likeness (QED) is 0.325. The summed E-state index contributed by atoms with van der Waals surface area (Å²) in [6, 6.07) is 8.19. The monoisotopic (exact) mass is 567 g/mol. The third-order valence-corrected chi connectivity index (χ3v) is 7.14. The number of rotatable bonds is 3. The number of nitrogens with two attached hydrogens (primary N) is 1. The normalized spacial score (nSPS) is 16.0. The van der Waals surface area contributed by atoms with Gasteiger partial charge in [0.2, 0.25) is 0 Å². The number of piperidine rings is 1. The summed E-state index contributed by atoms with van der Waals surface area (Å²) in [5.74, 6) is 5.76. The molecule has 4 aromatic rings. The first-order valence-electron chi connectivity index (χ1n) is 12.5. The van der Waals surface area contributed by atoms with Crippen LogP contribution < -0.4 is 11.1 Å². The molecule has 40 heavy (non-hydrogen) atoms. The molecule has 1 amide bonds. The van der Waals surface area contributed by atoms with E-state index in [1.54, 1.807) is 18.2 Å². The van der Waals surface area contributed by atoms with Gasteiger partial charge in [-0.05, 0) is 75.2 Å². The van der Waals surface area contributed by atoms with E-state index in [9.17, 15) is 18.0 Å². The zero-order chi connectivity index (χ0) is 28.6. The van der Waals surface area contributed by atoms with Crippen LogP contribution in [0.5, 0.6) is 0 Å². The van der Waals surface area contributed by atoms with E-state index in [0.717, 1.165) is 43.6 Å². The predicted octanol–water partition coefficient (Wildman–Crippen LogP) is 5.31. The van der Waals surface area contributed by atoms with Gasteiger partial charge in [-0.2, -0.15) is 18.3 Å². The molecule has 5 rings (SSSR count). The Labute approximate surface area is 233 Å². The van der Waals surface area contributed by atoms with Gasteiger partial charge in [0.1, 0.15) is 17.8 Å². The Balaban J connectivity index is 1.45. The summed E-state index contributed by atoms with van der Waals surface area (Å²) in [5, 5.41) is 7.49. The van der Waals surface area contributed by atoms with Crippen molar-refractivity contribution >= 4 is 40.0 Å². The van der Waals surface area contributed by atoms with Crippen molar-refractivity contribution in [2.24, 2.45) is 0 Å². The van der Waals surface area contributed by atoms with Crippen LogP contribution in [0.25, 0.3) is 11.0 Å². The fraction of sp³-hybridized carbons (Fsp3) is 0.286. The minimum atomic E-state index is -4.68. The smallest absolute Gasteiger partial charge is 0.383 e. The maximum absolute atomic E-state index is 13.2. The van der Waals surface area contributed by atoms with E-state index in [1.807, 2.05) is 11.6 Å². The molecular formula is C28H25ClF3N7O. The molecule has 1 fully saturated rings. The molecule has 1 aliphatic heterocycles. The highest BCUT2D eigenvalue weighted by molar-refractivity contribution is 6.31. The van der Waals surface area contributed by atoms with Crippen molar-refractivity contribution in [2.45, 2.75) is 32.0 Å². The first-order valence-corrected chi connectivity index (χ1v) is 12.9. The number of likely N-dealkylation sites (N-methyl/N-ethyl adjacent to an activating group) is 1. The average molecular weight is 568 g/mol. The Kier molecular flexibility index (Phi) is 7.40. The second-order valence-electron chi connectivity index (χ2n) is 9.74. The Morgan fingerprint density at radius 2 is 1.98 bits per heavy atom. The van der Waals surface area contributed by atoms with Crippen molar-refractivity contribution < 1.29 is 18.0 Å². The number of carbonyl (C=O) groups is 1. The molecule has 0 aliphatic carbocycles. The molecule has 0 radical (unpaired) electrons. The van der Waals surface area contributed by atoms with Crippen LogP contribution in [0.15, 0.2) is 42.7 Å². The fourth-order valence-corrected chi connectivity index (χ4v) is 4.95. The van der Waals surface area contributed by atoms with Crippen molar-refractivity contribution in [2.75, 3.05) is 31.2 Å². The van der Waals surface area contributed by atoms with Gasteiger partial charge >= 0.3 is 6.18 Å². The highest BCUT2D eigenvalue weighted by Gasteiger charge is 2.34. The third-order valence-electron chi connectivity index (χ3n) is 6.81. The van der Waals surface area contributed by atoms with Gasteiger partial charge in [-0.3, -0.25) is 4.79 Å². The molecule has 206 valence electrons. The first kappa shape index (κ1) is 27.4. The molecule has 12 heteroatoms. The van der Waals surface area contributed by atoms with Crippen LogP contribution in [0.3, 0.4) is 0 Å². The number of anilines is 2. The Morgan fingerprint density at radius 3 is 2.73 bits per heavy atom. The molecule has 3 N–H and O–H groups in total. The molecule has 1 aliphatic rings. The van der Waals surface area contributed by atoms with Crippen LogP contribution >= 0.6 is 11.6 Å². The van der Waals surface area contributed by atoms with Crippen LogP contribution in [0.2, 0.25) is 5.02 Å². The number of halogens is 4. The Bertz CT molecular complexity index is 1670. The third kappa shape index (κ3) is 5.59. The summed E-state index contributed by atoms with van der Waals surface area (Å²) in [4.78, 5) is 23.5. The Hall–Kier alpha value is -4.14. The molecule has 0 bridgehead atoms. The lowest BCUT2D eigenvalue weighted by Gasteiger charge is -2.29. The number of fused-ring (bicyclic) bond motifs is 1. The molecule has 3 heterocycles. The molecule has 0 saturated carbocycles. The minimum Gasteiger partial charge on any atom is -0.383 e. The SMILES string of the molecule is Cc1ccc(NC(=O)c2ccc(Cl)c(C(F)(F)F)c2)cc1C#Cc1nn(C2CCCN(C)C2)c2ncnc(N)c12. The number of likely N-dealkylation sites (tertiary alicyclic amines) is 1. The highest BCUT2D eigenvalue weighted by atomic mass is 35.5. The molecule has 2 aromatic heterocycles. The molecule has 0 spiro atoms. The fourth-order valence-electron chi connectivity index (χ4n) is 4.72. The molecule has 8 nitrogen and oxygen atoms in total. The van der Waals surface area contributed by atoms with Crippen LogP contribution in [0.1, 0.15) is 51.6 Å². The van der Waals surface area contributed by atoms with Crippen LogP contribution in [-0.2, 0) is 6.18 Å². The topological polar surface area (TPSA) is 102 Å². The van der Waals surface area contributed by atoms with Crippen LogP contribution in [0.4, 0.5) is 24.7 Å². The second-order valence-corrected chi connectivity index (χ2v) is 10.1. The standard InChI is InChI=1S/C28H25ClF3N7O/c1-16-5-8-19(36-27(40)18-6-9-22(29)21(13-18)28(30,31)32)12-17(16)7-10-23-24-25(33)34-15-35-26(24)39(37-23)20-4-3-11-38(2)14-20/h5-6,8-9,12-13,15,20H,3-4,11,14H2,1-2H3,(H,36,40)(H2,33,34,35). The summed E-state index contributed by atoms with van der Waals surface area (Å²) >= 11 is 5.68. The zero-order valence-electron chi connectivity index (χ0n) is 21.7. The number of benzene rings is 2. The van der Waals surface area contributed by atoms with Gasteiger partial charge in [-0.1, -0.05) is 23.6 Å². The van der Waals surface area contributed by atoms with Crippen molar-refractivity contribution in [3.63, 3.8) is 0 Å². The van der Waals surface area contributed by atoms with E-state index in [1.165, 1.54) is 12.4 Å². The number of carbonyl (C=O) groups excluding carboxylic acids is 1. The second kappa shape index (κ2) is 10.8. The maximum atomic E-state index is 13.2. The molecule has 1 saturated heterocycles. The molecule has 2 aromatic carbocycles. The average Bonchev–Trinajstić information content (AvgIpc) is 3.28. The number of nitrogen functional groups attached to an aromatic ring is 1. The van der Waals surface area contributed by atoms with Gasteiger partial charge in [-0.15, -0.1) is 0 Å². The van der Waals surface area contributed by atoms with Gasteiger partial charge in [0.25, 0.3) is 5.91 Å². The summed E-state index contributed by atoms with van der Waals surface area (Å²) in [5.41, 5.74) is 7.81. The van der Waals surface area contributed by atoms with Crippen LogP contribution in [-0.4, -0.2) is 50.7 Å². The van der Waals surface area contributed by atoms with Gasteiger partial charge in [0, 0.05) is 23.4 Å². The number of aryl methyl sites for hydroxylation is 1. The van der Waals surface area contributed by atoms with E-state index >= 15 is 0 Å². The van der Waals surface area contributed by atoms with Gasteiger partial charge < -0.3 is 16.0 Å². The number of alkyl halides is 3. The number of nitrogens with zero attached hydrogens (tertiary/aromatic N) is 5. The first-order chi connectivity index (χ1) is 19.0. The van der Waals surface area contributed by atoms with Crippen molar-refractivity contribution in [3.05, 3.63) is 75.7 Å². The van der Waals surface area contributed by atoms with Gasteiger partial charge in [0.05, 0.1) is 22.0 Å². The number of aromatic nitrogens is 4. The van der Waals surface area contributed by atoms with E-state index in [2.05, 4.69) is 39.1 Å². The number of nitrogens with one attached hydrogen (secondary N) is 1. The lowest BCUT2D eigenvalue weighted by atomic mass is 10.1. The van der Waals surface area contributed by atoms with Crippen molar-refractivity contribution in [1.29, 1.82) is 0 Å². The number of hydrogen-bond donors (Lipinski definition) is 2. The lowest BCUT2D eigenvalue weighted by molar-refractivity contribution is -0.137. The highest BCUT2D eigenvalue weighted by Crippen LogP contribution is 2.35. The van der Waals surface area contributed by atoms with Crippen LogP contribution in [0, 0.1) is 18.8 Å². The predicted molar refractivity (Wildman–Crippen MR) is 147 cm³/mol. The summed E-state index contributed by atoms with van der Waals surface area (Å²) in [6.45, 7) is 3.70. The molecule has 1 atom stereocenters. The summed E-state index contributed by atoms with van der Waals surface area (Å²) < 4.78 is 41.6.